The van der Waals surface area contributed by atoms with Crippen LogP contribution in [-0.4, -0.2) is 36.7 Å². The van der Waals surface area contributed by atoms with Crippen molar-refractivity contribution < 1.29 is 9.53 Å². The first-order valence-corrected chi connectivity index (χ1v) is 8.86. The highest BCUT2D eigenvalue weighted by molar-refractivity contribution is 6.00. The maximum atomic E-state index is 12.2. The van der Waals surface area contributed by atoms with Crippen LogP contribution in [0.3, 0.4) is 0 Å². The van der Waals surface area contributed by atoms with Gasteiger partial charge in [0.1, 0.15) is 6.61 Å². The summed E-state index contributed by atoms with van der Waals surface area (Å²) in [6.45, 7) is 2.41. The molecule has 1 amide bonds. The average Bonchev–Trinajstić information content (AvgIpc) is 2.67. The van der Waals surface area contributed by atoms with E-state index in [-0.39, 0.29) is 0 Å². The summed E-state index contributed by atoms with van der Waals surface area (Å²) in [5.41, 5.74) is 0.779. The van der Waals surface area contributed by atoms with E-state index in [1.807, 2.05) is 42.5 Å². The zero-order valence-corrected chi connectivity index (χ0v) is 14.2. The van der Waals surface area contributed by atoms with Gasteiger partial charge in [0, 0.05) is 23.9 Å². The Bertz CT molecular complexity index is 821. The van der Waals surface area contributed by atoms with Gasteiger partial charge in [0.15, 0.2) is 0 Å². The van der Waals surface area contributed by atoms with Crippen molar-refractivity contribution in [1.82, 2.24) is 4.90 Å². The Labute approximate surface area is 148 Å². The molecular formula is C21H22N2O2. The molecule has 3 saturated heterocycles. The van der Waals surface area contributed by atoms with Gasteiger partial charge in [-0.25, -0.2) is 4.79 Å². The van der Waals surface area contributed by atoms with Crippen LogP contribution in [0.15, 0.2) is 42.5 Å². The third-order valence-corrected chi connectivity index (χ3v) is 5.53. The number of anilines is 1. The van der Waals surface area contributed by atoms with Crippen molar-refractivity contribution >= 4 is 22.6 Å². The minimum atomic E-state index is -0.396. The van der Waals surface area contributed by atoms with Crippen molar-refractivity contribution in [3.63, 3.8) is 0 Å². The Kier molecular flexibility index (Phi) is 4.33. The number of terminal acetylenes is 1. The lowest BCUT2D eigenvalue weighted by atomic mass is 9.76. The standard InChI is InChI=1S/C21H22N2O2/c1-2-15-13-23-11-10-17(15)12-18(23)14-25-21(24)22-20-9-5-7-16-6-3-4-8-19(16)20/h1,3-9,15,17-18H,10-14H2,(H,22,24)/t15-,17+,18-/m1/s1. The number of fused-ring (bicyclic) bond motifs is 4. The maximum Gasteiger partial charge on any atom is 0.411 e. The number of hydrogen-bond acceptors (Lipinski definition) is 3. The van der Waals surface area contributed by atoms with Crippen LogP contribution in [-0.2, 0) is 4.74 Å². The molecule has 2 bridgehead atoms. The predicted octanol–water partition coefficient (Wildman–Crippen LogP) is 3.73. The van der Waals surface area contributed by atoms with E-state index in [0.29, 0.717) is 24.5 Å². The van der Waals surface area contributed by atoms with Gasteiger partial charge >= 0.3 is 6.09 Å². The number of piperidine rings is 3. The number of nitrogens with zero attached hydrogens (tertiary/aromatic N) is 1. The lowest BCUT2D eigenvalue weighted by Gasteiger charge is -2.48. The smallest absolute Gasteiger partial charge is 0.411 e. The van der Waals surface area contributed by atoms with E-state index < -0.39 is 6.09 Å². The van der Waals surface area contributed by atoms with Crippen LogP contribution in [0.4, 0.5) is 10.5 Å². The second kappa shape index (κ2) is 6.78. The molecule has 4 atom stereocenters. The fourth-order valence-electron chi connectivity index (χ4n) is 4.15. The molecule has 4 heteroatoms. The molecule has 25 heavy (non-hydrogen) atoms. The Balaban J connectivity index is 1.36. The fourth-order valence-corrected chi connectivity index (χ4v) is 4.15. The molecule has 1 unspecified atom stereocenters. The minimum absolute atomic E-state index is 0.293. The van der Waals surface area contributed by atoms with Gasteiger partial charge in [-0.2, -0.15) is 0 Å². The van der Waals surface area contributed by atoms with Crippen LogP contribution in [0.2, 0.25) is 0 Å². The third kappa shape index (κ3) is 3.20. The molecule has 128 valence electrons. The quantitative estimate of drug-likeness (QED) is 0.870. The molecule has 5 rings (SSSR count). The summed E-state index contributed by atoms with van der Waals surface area (Å²) in [5.74, 6) is 3.84. The highest BCUT2D eigenvalue weighted by Crippen LogP contribution is 2.36. The lowest BCUT2D eigenvalue weighted by Crippen LogP contribution is -2.54. The fraction of sp³-hybridized carbons (Fsp3) is 0.381. The highest BCUT2D eigenvalue weighted by atomic mass is 16.5. The topological polar surface area (TPSA) is 41.6 Å². The summed E-state index contributed by atoms with van der Waals surface area (Å²) < 4.78 is 5.51. The number of hydrogen-bond donors (Lipinski definition) is 1. The number of nitrogens with one attached hydrogen (secondary N) is 1. The van der Waals surface area contributed by atoms with Crippen LogP contribution in [0.1, 0.15) is 12.8 Å². The number of carbonyl (C=O) groups is 1. The molecule has 3 aliphatic heterocycles. The second-order valence-electron chi connectivity index (χ2n) is 6.96. The maximum absolute atomic E-state index is 12.2. The number of carbonyl (C=O) groups excluding carboxylic acids is 1. The molecule has 0 saturated carbocycles. The number of benzene rings is 2. The van der Waals surface area contributed by atoms with E-state index in [4.69, 9.17) is 11.2 Å². The molecule has 1 N–H and O–H groups in total. The van der Waals surface area contributed by atoms with E-state index in [2.05, 4.69) is 16.1 Å². The van der Waals surface area contributed by atoms with Gasteiger partial charge in [0.25, 0.3) is 0 Å². The van der Waals surface area contributed by atoms with Gasteiger partial charge in [0.2, 0.25) is 0 Å². The Morgan fingerprint density at radius 1 is 1.28 bits per heavy atom. The van der Waals surface area contributed by atoms with Crippen LogP contribution >= 0.6 is 0 Å². The van der Waals surface area contributed by atoms with Crippen molar-refractivity contribution in [2.45, 2.75) is 18.9 Å². The summed E-state index contributed by atoms with van der Waals surface area (Å²) in [4.78, 5) is 14.6. The van der Waals surface area contributed by atoms with E-state index in [1.165, 1.54) is 0 Å². The van der Waals surface area contributed by atoms with Gasteiger partial charge in [-0.1, -0.05) is 36.4 Å². The van der Waals surface area contributed by atoms with Crippen molar-refractivity contribution in [3.05, 3.63) is 42.5 Å². The molecule has 0 aliphatic carbocycles. The van der Waals surface area contributed by atoms with Crippen LogP contribution in [0.25, 0.3) is 10.8 Å². The lowest BCUT2D eigenvalue weighted by molar-refractivity contribution is -0.00665. The molecular weight excluding hydrogens is 312 g/mol. The Morgan fingerprint density at radius 2 is 2.12 bits per heavy atom. The third-order valence-electron chi connectivity index (χ3n) is 5.53. The molecule has 2 aromatic rings. The number of rotatable bonds is 3. The molecule has 4 nitrogen and oxygen atoms in total. The van der Waals surface area contributed by atoms with Gasteiger partial charge in [-0.05, 0) is 36.8 Å². The van der Waals surface area contributed by atoms with Crippen LogP contribution in [0, 0.1) is 24.2 Å². The first kappa shape index (κ1) is 16.0. The number of amides is 1. The van der Waals surface area contributed by atoms with Gasteiger partial charge < -0.3 is 4.74 Å². The molecule has 3 aliphatic rings. The predicted molar refractivity (Wildman–Crippen MR) is 99.3 cm³/mol. The van der Waals surface area contributed by atoms with Crippen molar-refractivity contribution in [2.75, 3.05) is 25.0 Å². The normalized spacial score (nSPS) is 27.6. The van der Waals surface area contributed by atoms with Crippen molar-refractivity contribution in [2.24, 2.45) is 11.8 Å². The summed E-state index contributed by atoms with van der Waals surface area (Å²) in [5, 5.41) is 4.98. The van der Waals surface area contributed by atoms with E-state index in [0.717, 1.165) is 42.4 Å². The van der Waals surface area contributed by atoms with Crippen LogP contribution in [0.5, 0.6) is 0 Å². The molecule has 0 aromatic heterocycles. The minimum Gasteiger partial charge on any atom is -0.448 e. The second-order valence-corrected chi connectivity index (χ2v) is 6.96. The Hall–Kier alpha value is -2.51. The molecule has 3 fully saturated rings. The van der Waals surface area contributed by atoms with Crippen molar-refractivity contribution in [3.8, 4) is 12.3 Å². The summed E-state index contributed by atoms with van der Waals surface area (Å²) in [7, 11) is 0. The summed E-state index contributed by atoms with van der Waals surface area (Å²) >= 11 is 0. The first-order valence-electron chi connectivity index (χ1n) is 8.86. The van der Waals surface area contributed by atoms with E-state index in [9.17, 15) is 4.79 Å². The monoisotopic (exact) mass is 334 g/mol. The van der Waals surface area contributed by atoms with Crippen molar-refractivity contribution in [1.29, 1.82) is 0 Å². The van der Waals surface area contributed by atoms with E-state index >= 15 is 0 Å². The molecule has 0 radical (unpaired) electrons. The zero-order chi connectivity index (χ0) is 17.2. The Morgan fingerprint density at radius 3 is 2.92 bits per heavy atom. The number of ether oxygens (including phenoxy) is 1. The molecule has 0 spiro atoms. The van der Waals surface area contributed by atoms with Crippen LogP contribution < -0.4 is 5.32 Å². The molecule has 3 heterocycles. The largest absolute Gasteiger partial charge is 0.448 e. The summed E-state index contributed by atoms with van der Waals surface area (Å²) in [6.07, 6.45) is 7.41. The molecule has 2 aromatic carbocycles. The average molecular weight is 334 g/mol. The van der Waals surface area contributed by atoms with Gasteiger partial charge in [0.05, 0.1) is 5.69 Å². The van der Waals surface area contributed by atoms with E-state index in [1.54, 1.807) is 0 Å². The zero-order valence-electron chi connectivity index (χ0n) is 14.2. The van der Waals surface area contributed by atoms with Gasteiger partial charge in [-0.15, -0.1) is 12.3 Å². The SMILES string of the molecule is C#C[C@@H]1CN2CC[C@H]1C[C@@H]2COC(=O)Nc1cccc2ccccc12. The van der Waals surface area contributed by atoms with Gasteiger partial charge in [-0.3, -0.25) is 10.2 Å². The first-order chi connectivity index (χ1) is 12.2. The summed E-state index contributed by atoms with van der Waals surface area (Å²) in [6, 6.07) is 14.1. The highest BCUT2D eigenvalue weighted by Gasteiger charge is 2.39.